The van der Waals surface area contributed by atoms with Gasteiger partial charge in [0.2, 0.25) is 5.72 Å². The summed E-state index contributed by atoms with van der Waals surface area (Å²) in [5, 5.41) is 14.4. The number of benzene rings is 2. The summed E-state index contributed by atoms with van der Waals surface area (Å²) in [6.07, 6.45) is -5.33. The molecule has 3 atom stereocenters. The summed E-state index contributed by atoms with van der Waals surface area (Å²) in [6.45, 7) is 1.76. The summed E-state index contributed by atoms with van der Waals surface area (Å²) < 4.78 is 52.2. The number of hydrogen-bond donors (Lipinski definition) is 3. The number of carbonyl (C=O) groups excluding carboxylic acids is 2. The molecule has 2 aromatic carbocycles. The molecular weight excluding hydrogens is 417 g/mol. The van der Waals surface area contributed by atoms with Gasteiger partial charge in [0.15, 0.2) is 17.3 Å². The van der Waals surface area contributed by atoms with E-state index < -0.39 is 35.7 Å². The van der Waals surface area contributed by atoms with Gasteiger partial charge in [0.1, 0.15) is 5.92 Å². The van der Waals surface area contributed by atoms with E-state index in [4.69, 9.17) is 9.47 Å². The molecule has 3 N–H and O–H groups in total. The van der Waals surface area contributed by atoms with Gasteiger partial charge in [-0.05, 0) is 24.6 Å². The molecule has 0 spiro atoms. The summed E-state index contributed by atoms with van der Waals surface area (Å²) in [7, 11) is 2.72. The largest absolute Gasteiger partial charge is 0.493 e. The lowest BCUT2D eigenvalue weighted by molar-refractivity contribution is -0.287. The molecule has 1 heterocycles. The SMILES string of the molecule is COc1ccc([C@H]2NC(=O)N[C@](O)(C(F)(F)F)[C@H]2C(=O)c2ccc(C)cc2)cc1OC. The molecule has 0 aromatic heterocycles. The maximum absolute atomic E-state index is 14.0. The fourth-order valence-electron chi connectivity index (χ4n) is 3.56. The van der Waals surface area contributed by atoms with E-state index in [1.54, 1.807) is 19.1 Å². The van der Waals surface area contributed by atoms with Crippen molar-refractivity contribution in [3.63, 3.8) is 0 Å². The summed E-state index contributed by atoms with van der Waals surface area (Å²) >= 11 is 0. The van der Waals surface area contributed by atoms with Gasteiger partial charge in [-0.2, -0.15) is 13.2 Å². The Bertz CT molecular complexity index is 993. The maximum atomic E-state index is 14.0. The fraction of sp³-hybridized carbons (Fsp3) is 0.333. The van der Waals surface area contributed by atoms with Crippen molar-refractivity contribution in [1.82, 2.24) is 10.6 Å². The van der Waals surface area contributed by atoms with Crippen LogP contribution in [-0.2, 0) is 0 Å². The highest BCUT2D eigenvalue weighted by Gasteiger charge is 2.66. The minimum atomic E-state index is -5.33. The second kappa shape index (κ2) is 8.10. The van der Waals surface area contributed by atoms with E-state index in [2.05, 4.69) is 5.32 Å². The van der Waals surface area contributed by atoms with Crippen molar-refractivity contribution < 1.29 is 37.3 Å². The van der Waals surface area contributed by atoms with Crippen LogP contribution in [0.2, 0.25) is 0 Å². The van der Waals surface area contributed by atoms with Crippen molar-refractivity contribution in [3.8, 4) is 11.5 Å². The quantitative estimate of drug-likeness (QED) is 0.624. The smallest absolute Gasteiger partial charge is 0.437 e. The number of aliphatic hydroxyl groups is 1. The van der Waals surface area contributed by atoms with Gasteiger partial charge in [0.25, 0.3) is 0 Å². The van der Waals surface area contributed by atoms with Crippen molar-refractivity contribution in [2.45, 2.75) is 24.9 Å². The molecule has 0 radical (unpaired) electrons. The third-order valence-corrected chi connectivity index (χ3v) is 5.19. The number of rotatable bonds is 5. The lowest BCUT2D eigenvalue weighted by Crippen LogP contribution is -2.72. The van der Waals surface area contributed by atoms with Crippen LogP contribution < -0.4 is 20.1 Å². The number of urea groups is 1. The summed E-state index contributed by atoms with van der Waals surface area (Å²) in [5.74, 6) is -2.62. The Morgan fingerprint density at radius 2 is 1.68 bits per heavy atom. The molecule has 3 rings (SSSR count). The predicted molar refractivity (Wildman–Crippen MR) is 104 cm³/mol. The van der Waals surface area contributed by atoms with Crippen molar-refractivity contribution in [2.75, 3.05) is 14.2 Å². The highest BCUT2D eigenvalue weighted by Crippen LogP contribution is 2.45. The normalized spacial score (nSPS) is 23.5. The van der Waals surface area contributed by atoms with E-state index in [1.165, 1.54) is 49.9 Å². The minimum Gasteiger partial charge on any atom is -0.493 e. The van der Waals surface area contributed by atoms with Gasteiger partial charge in [0.05, 0.1) is 20.3 Å². The number of amides is 2. The molecule has 2 aromatic rings. The van der Waals surface area contributed by atoms with Crippen LogP contribution in [0.1, 0.15) is 27.5 Å². The van der Waals surface area contributed by atoms with Crippen LogP contribution in [0.3, 0.4) is 0 Å². The average molecular weight is 438 g/mol. The molecule has 1 fully saturated rings. The van der Waals surface area contributed by atoms with Crippen LogP contribution in [0.15, 0.2) is 42.5 Å². The van der Waals surface area contributed by atoms with Crippen LogP contribution in [0, 0.1) is 12.8 Å². The van der Waals surface area contributed by atoms with E-state index in [0.717, 1.165) is 5.56 Å². The topological polar surface area (TPSA) is 96.9 Å². The molecule has 7 nitrogen and oxygen atoms in total. The zero-order valence-corrected chi connectivity index (χ0v) is 16.9. The van der Waals surface area contributed by atoms with Gasteiger partial charge >= 0.3 is 12.2 Å². The van der Waals surface area contributed by atoms with E-state index in [0.29, 0.717) is 5.75 Å². The number of hydrogen-bond acceptors (Lipinski definition) is 5. The fourth-order valence-corrected chi connectivity index (χ4v) is 3.56. The Morgan fingerprint density at radius 3 is 2.23 bits per heavy atom. The highest BCUT2D eigenvalue weighted by molar-refractivity contribution is 6.00. The summed E-state index contributed by atoms with van der Waals surface area (Å²) in [5.41, 5.74) is -2.91. The monoisotopic (exact) mass is 438 g/mol. The highest BCUT2D eigenvalue weighted by atomic mass is 19.4. The van der Waals surface area contributed by atoms with Crippen molar-refractivity contribution in [3.05, 3.63) is 59.2 Å². The Balaban J connectivity index is 2.18. The summed E-state index contributed by atoms with van der Waals surface area (Å²) in [4.78, 5) is 25.3. The number of carbonyl (C=O) groups is 2. The summed E-state index contributed by atoms with van der Waals surface area (Å²) in [6, 6.07) is 7.28. The van der Waals surface area contributed by atoms with Crippen molar-refractivity contribution >= 4 is 11.8 Å². The molecule has 166 valence electrons. The third-order valence-electron chi connectivity index (χ3n) is 5.19. The Hall–Kier alpha value is -3.27. The van der Waals surface area contributed by atoms with Crippen molar-refractivity contribution in [1.29, 1.82) is 0 Å². The molecule has 1 aliphatic rings. The molecule has 1 saturated heterocycles. The van der Waals surface area contributed by atoms with Gasteiger partial charge in [-0.15, -0.1) is 0 Å². The molecule has 0 aliphatic carbocycles. The van der Waals surface area contributed by atoms with E-state index in [-0.39, 0.29) is 16.9 Å². The first-order chi connectivity index (χ1) is 14.5. The van der Waals surface area contributed by atoms with E-state index in [9.17, 15) is 27.9 Å². The number of ether oxygens (including phenoxy) is 2. The lowest BCUT2D eigenvalue weighted by Gasteiger charge is -2.45. The number of Topliss-reactive ketones (excluding diaryl/α,β-unsaturated/α-hetero) is 1. The number of ketones is 1. The maximum Gasteiger partial charge on any atom is 0.437 e. The van der Waals surface area contributed by atoms with Crippen molar-refractivity contribution in [2.24, 2.45) is 5.92 Å². The predicted octanol–water partition coefficient (Wildman–Crippen LogP) is 3.12. The number of alkyl halides is 3. The van der Waals surface area contributed by atoms with Crippen LogP contribution in [0.4, 0.5) is 18.0 Å². The number of methoxy groups -OCH3 is 2. The molecular formula is C21H21F3N2O5. The first kappa shape index (κ1) is 22.4. The number of halogens is 3. The third kappa shape index (κ3) is 4.02. The molecule has 31 heavy (non-hydrogen) atoms. The average Bonchev–Trinajstić information content (AvgIpc) is 2.72. The van der Waals surface area contributed by atoms with Gasteiger partial charge in [0, 0.05) is 5.56 Å². The molecule has 0 saturated carbocycles. The van der Waals surface area contributed by atoms with Gasteiger partial charge in [-0.3, -0.25) is 4.79 Å². The molecule has 1 aliphatic heterocycles. The standard InChI is InChI=1S/C21H21F3N2O5/c1-11-4-6-12(7-5-11)18(27)16-17(13-8-9-14(30-2)15(10-13)31-3)25-19(28)26-20(16,29)21(22,23)24/h4-10,16-17,29H,1-3H3,(H2,25,26,28)/t16-,17-,20-/m1/s1. The number of nitrogens with one attached hydrogen (secondary N) is 2. The second-order valence-electron chi connectivity index (χ2n) is 7.16. The van der Waals surface area contributed by atoms with Crippen LogP contribution in [0.5, 0.6) is 11.5 Å². The second-order valence-corrected chi connectivity index (χ2v) is 7.16. The van der Waals surface area contributed by atoms with Crippen LogP contribution in [0.25, 0.3) is 0 Å². The minimum absolute atomic E-state index is 0.0401. The molecule has 10 heteroatoms. The number of aryl methyl sites for hydroxylation is 1. The van der Waals surface area contributed by atoms with Gasteiger partial charge in [-0.25, -0.2) is 4.79 Å². The Morgan fingerprint density at radius 1 is 1.06 bits per heavy atom. The van der Waals surface area contributed by atoms with Crippen LogP contribution >= 0.6 is 0 Å². The molecule has 2 amide bonds. The van der Waals surface area contributed by atoms with E-state index >= 15 is 0 Å². The van der Waals surface area contributed by atoms with E-state index in [1.807, 2.05) is 0 Å². The first-order valence-electron chi connectivity index (χ1n) is 9.22. The zero-order chi connectivity index (χ0) is 23.0. The lowest BCUT2D eigenvalue weighted by atomic mass is 9.77. The first-order valence-corrected chi connectivity index (χ1v) is 9.22. The molecule has 0 unspecified atom stereocenters. The van der Waals surface area contributed by atoms with Gasteiger partial charge < -0.3 is 25.2 Å². The Kier molecular flexibility index (Phi) is 5.86. The van der Waals surface area contributed by atoms with Gasteiger partial charge in [-0.1, -0.05) is 35.9 Å². The molecule has 0 bridgehead atoms. The Labute approximate surface area is 176 Å². The van der Waals surface area contributed by atoms with Crippen LogP contribution in [-0.4, -0.2) is 43.0 Å². The zero-order valence-electron chi connectivity index (χ0n) is 16.9.